The smallest absolute Gasteiger partial charge is 0.249 e. The third-order valence-electron chi connectivity index (χ3n) is 3.65. The number of halogens is 1. The molecule has 0 saturated carbocycles. The minimum atomic E-state index is -1.39. The van der Waals surface area contributed by atoms with E-state index in [0.29, 0.717) is 28.6 Å². The normalized spacial score (nSPS) is 11.6. The van der Waals surface area contributed by atoms with Crippen LogP contribution in [0.4, 0.5) is 5.69 Å². The predicted molar refractivity (Wildman–Crippen MR) is 88.5 cm³/mol. The highest BCUT2D eigenvalue weighted by atomic mass is 35.5. The number of hydrogen-bond donors (Lipinski definition) is 1. The molecule has 1 atom stereocenters. The molecule has 1 heterocycles. The van der Waals surface area contributed by atoms with Crippen LogP contribution in [0.3, 0.4) is 0 Å². The van der Waals surface area contributed by atoms with Gasteiger partial charge in [0.15, 0.2) is 11.7 Å². The van der Waals surface area contributed by atoms with Gasteiger partial charge in [0.1, 0.15) is 5.76 Å². The summed E-state index contributed by atoms with van der Waals surface area (Å²) in [5.74, 6) is -1.90. The van der Waals surface area contributed by atoms with E-state index >= 15 is 0 Å². The molecule has 0 radical (unpaired) electrons. The molecule has 0 saturated heterocycles. The standard InChI is InChI=1S/C17H16ClN3O3/c1-10-12(11(2)24-21-10)7-8-16(22)13(9-19)17(23)20-15-6-4-3-5-14(15)18/h3-6,13H,7-8H2,1-2H3,(H,20,23). The van der Waals surface area contributed by atoms with Crippen LogP contribution in [0.2, 0.25) is 5.02 Å². The number of carbonyl (C=O) groups is 2. The van der Waals surface area contributed by atoms with Crippen molar-refractivity contribution >= 4 is 29.0 Å². The lowest BCUT2D eigenvalue weighted by Gasteiger charge is -2.10. The second-order valence-electron chi connectivity index (χ2n) is 5.30. The Balaban J connectivity index is 2.02. The van der Waals surface area contributed by atoms with Crippen LogP contribution in [0.15, 0.2) is 28.8 Å². The fraction of sp³-hybridized carbons (Fsp3) is 0.294. The minimum Gasteiger partial charge on any atom is -0.361 e. The van der Waals surface area contributed by atoms with Crippen molar-refractivity contribution in [2.24, 2.45) is 5.92 Å². The molecule has 0 bridgehead atoms. The number of anilines is 1. The zero-order chi connectivity index (χ0) is 17.7. The summed E-state index contributed by atoms with van der Waals surface area (Å²) < 4.78 is 5.03. The van der Waals surface area contributed by atoms with Crippen LogP contribution in [0.25, 0.3) is 0 Å². The van der Waals surface area contributed by atoms with E-state index in [2.05, 4.69) is 10.5 Å². The number of Topliss-reactive ketones (excluding diaryl/α,β-unsaturated/α-hetero) is 1. The fourth-order valence-corrected chi connectivity index (χ4v) is 2.48. The lowest BCUT2D eigenvalue weighted by atomic mass is 9.97. The van der Waals surface area contributed by atoms with Gasteiger partial charge in [-0.2, -0.15) is 5.26 Å². The van der Waals surface area contributed by atoms with Crippen LogP contribution in [-0.2, 0) is 16.0 Å². The van der Waals surface area contributed by atoms with E-state index in [9.17, 15) is 14.9 Å². The van der Waals surface area contributed by atoms with Gasteiger partial charge in [-0.3, -0.25) is 9.59 Å². The van der Waals surface area contributed by atoms with Crippen molar-refractivity contribution in [2.45, 2.75) is 26.7 Å². The van der Waals surface area contributed by atoms with Gasteiger partial charge in [0.2, 0.25) is 5.91 Å². The van der Waals surface area contributed by atoms with Crippen LogP contribution in [0.5, 0.6) is 0 Å². The maximum Gasteiger partial charge on any atom is 0.249 e. The molecule has 24 heavy (non-hydrogen) atoms. The largest absolute Gasteiger partial charge is 0.361 e. The molecule has 0 aliphatic carbocycles. The fourth-order valence-electron chi connectivity index (χ4n) is 2.30. The van der Waals surface area contributed by atoms with Gasteiger partial charge < -0.3 is 9.84 Å². The number of ketones is 1. The molecule has 2 rings (SSSR count). The summed E-state index contributed by atoms with van der Waals surface area (Å²) >= 11 is 5.96. The lowest BCUT2D eigenvalue weighted by Crippen LogP contribution is -2.29. The van der Waals surface area contributed by atoms with Crippen LogP contribution in [0, 0.1) is 31.1 Å². The number of nitriles is 1. The summed E-state index contributed by atoms with van der Waals surface area (Å²) in [6, 6.07) is 8.38. The Kier molecular flexibility index (Phi) is 5.72. The molecule has 124 valence electrons. The van der Waals surface area contributed by atoms with Crippen LogP contribution >= 0.6 is 11.6 Å². The van der Waals surface area contributed by atoms with Crippen LogP contribution in [-0.4, -0.2) is 16.8 Å². The summed E-state index contributed by atoms with van der Waals surface area (Å²) in [5.41, 5.74) is 1.89. The summed E-state index contributed by atoms with van der Waals surface area (Å²) in [7, 11) is 0. The van der Waals surface area contributed by atoms with E-state index < -0.39 is 17.6 Å². The van der Waals surface area contributed by atoms with Gasteiger partial charge in [0.25, 0.3) is 0 Å². The number of aromatic nitrogens is 1. The van der Waals surface area contributed by atoms with Gasteiger partial charge in [-0.1, -0.05) is 28.9 Å². The molecule has 0 aliphatic heterocycles. The molecule has 0 aliphatic rings. The summed E-state index contributed by atoms with van der Waals surface area (Å²) in [6.07, 6.45) is 0.425. The number of nitrogens with one attached hydrogen (secondary N) is 1. The van der Waals surface area contributed by atoms with Crippen molar-refractivity contribution in [2.75, 3.05) is 5.32 Å². The first kappa shape index (κ1) is 17.7. The van der Waals surface area contributed by atoms with Crippen molar-refractivity contribution < 1.29 is 14.1 Å². The molecule has 1 aromatic carbocycles. The van der Waals surface area contributed by atoms with E-state index in [-0.39, 0.29) is 6.42 Å². The number of benzene rings is 1. The molecule has 0 fully saturated rings. The quantitative estimate of drug-likeness (QED) is 0.811. The Morgan fingerprint density at radius 3 is 2.67 bits per heavy atom. The number of aryl methyl sites for hydroxylation is 2. The third-order valence-corrected chi connectivity index (χ3v) is 3.98. The average molecular weight is 346 g/mol. The highest BCUT2D eigenvalue weighted by Gasteiger charge is 2.27. The topological polar surface area (TPSA) is 96.0 Å². The molecule has 7 heteroatoms. The zero-order valence-corrected chi connectivity index (χ0v) is 14.1. The number of amides is 1. The van der Waals surface area contributed by atoms with Gasteiger partial charge in [0, 0.05) is 12.0 Å². The summed E-state index contributed by atoms with van der Waals surface area (Å²) in [5, 5.41) is 15.9. The monoisotopic (exact) mass is 345 g/mol. The maximum absolute atomic E-state index is 12.2. The average Bonchev–Trinajstić information content (AvgIpc) is 2.87. The molecule has 1 aromatic heterocycles. The molecule has 0 spiro atoms. The Morgan fingerprint density at radius 2 is 2.08 bits per heavy atom. The maximum atomic E-state index is 12.2. The molecular formula is C17H16ClN3O3. The number of rotatable bonds is 6. The van der Waals surface area contributed by atoms with E-state index in [1.165, 1.54) is 0 Å². The van der Waals surface area contributed by atoms with E-state index in [0.717, 1.165) is 5.56 Å². The Hall–Kier alpha value is -2.65. The first-order valence-electron chi connectivity index (χ1n) is 7.33. The molecule has 1 N–H and O–H groups in total. The van der Waals surface area contributed by atoms with Gasteiger partial charge in [-0.25, -0.2) is 0 Å². The predicted octanol–water partition coefficient (Wildman–Crippen LogP) is 3.23. The number of carbonyl (C=O) groups excluding carboxylic acids is 2. The number of nitrogens with zero attached hydrogens (tertiary/aromatic N) is 2. The van der Waals surface area contributed by atoms with E-state index in [4.69, 9.17) is 16.1 Å². The molecule has 1 unspecified atom stereocenters. The van der Waals surface area contributed by atoms with Crippen molar-refractivity contribution in [3.05, 3.63) is 46.3 Å². The first-order chi connectivity index (χ1) is 11.4. The Labute approximate surface area is 144 Å². The van der Waals surface area contributed by atoms with E-state index in [1.807, 2.05) is 0 Å². The Bertz CT molecular complexity index is 788. The van der Waals surface area contributed by atoms with Gasteiger partial charge in [0.05, 0.1) is 22.5 Å². The van der Waals surface area contributed by atoms with E-state index in [1.54, 1.807) is 44.2 Å². The number of hydrogen-bond acceptors (Lipinski definition) is 5. The molecule has 6 nitrogen and oxygen atoms in total. The van der Waals surface area contributed by atoms with Crippen LogP contribution in [0.1, 0.15) is 23.4 Å². The van der Waals surface area contributed by atoms with Crippen molar-refractivity contribution in [1.82, 2.24) is 5.16 Å². The minimum absolute atomic E-state index is 0.0526. The molecule has 2 aromatic rings. The number of para-hydroxylation sites is 1. The van der Waals surface area contributed by atoms with Gasteiger partial charge >= 0.3 is 0 Å². The van der Waals surface area contributed by atoms with Crippen LogP contribution < -0.4 is 5.32 Å². The second kappa shape index (κ2) is 7.75. The summed E-state index contributed by atoms with van der Waals surface area (Å²) in [6.45, 7) is 3.54. The highest BCUT2D eigenvalue weighted by molar-refractivity contribution is 6.33. The van der Waals surface area contributed by atoms with Crippen molar-refractivity contribution in [3.63, 3.8) is 0 Å². The van der Waals surface area contributed by atoms with Gasteiger partial charge in [-0.15, -0.1) is 0 Å². The lowest BCUT2D eigenvalue weighted by molar-refractivity contribution is -0.128. The highest BCUT2D eigenvalue weighted by Crippen LogP contribution is 2.22. The molecule has 1 amide bonds. The second-order valence-corrected chi connectivity index (χ2v) is 5.71. The first-order valence-corrected chi connectivity index (χ1v) is 7.71. The van der Waals surface area contributed by atoms with Gasteiger partial charge in [-0.05, 0) is 32.4 Å². The van der Waals surface area contributed by atoms with Crippen molar-refractivity contribution in [1.29, 1.82) is 5.26 Å². The SMILES string of the molecule is Cc1noc(C)c1CCC(=O)C(C#N)C(=O)Nc1ccccc1Cl. The third kappa shape index (κ3) is 4.00. The van der Waals surface area contributed by atoms with Crippen molar-refractivity contribution in [3.8, 4) is 6.07 Å². The summed E-state index contributed by atoms with van der Waals surface area (Å²) in [4.78, 5) is 24.4. The zero-order valence-electron chi connectivity index (χ0n) is 13.3. The molecular weight excluding hydrogens is 330 g/mol. The Morgan fingerprint density at radius 1 is 1.38 bits per heavy atom.